The van der Waals surface area contributed by atoms with E-state index in [9.17, 15) is 4.79 Å². The molecule has 0 saturated heterocycles. The number of hydrogen-bond donors (Lipinski definition) is 1. The number of methoxy groups -OCH3 is 1. The smallest absolute Gasteiger partial charge is 0.317 e. The number of urea groups is 1. The van der Waals surface area contributed by atoms with E-state index >= 15 is 0 Å². The molecule has 152 valence electrons. The molecular weight excluding hydrogens is 376 g/mol. The van der Waals surface area contributed by atoms with Crippen LogP contribution < -0.4 is 10.1 Å². The van der Waals surface area contributed by atoms with Crippen molar-refractivity contribution in [2.75, 3.05) is 14.2 Å². The molecule has 0 saturated carbocycles. The molecule has 0 fully saturated rings. The number of aromatic nitrogens is 2. The lowest BCUT2D eigenvalue weighted by atomic mass is 10.1. The van der Waals surface area contributed by atoms with Gasteiger partial charge in [-0.1, -0.05) is 36.4 Å². The third-order valence-electron chi connectivity index (χ3n) is 4.98. The topological polar surface area (TPSA) is 59.4 Å². The van der Waals surface area contributed by atoms with E-state index < -0.39 is 0 Å². The summed E-state index contributed by atoms with van der Waals surface area (Å²) in [4.78, 5) is 14.2. The van der Waals surface area contributed by atoms with Crippen molar-refractivity contribution in [1.82, 2.24) is 20.0 Å². The number of rotatable bonds is 6. The molecule has 1 N–H and O–H groups in total. The maximum atomic E-state index is 12.5. The number of para-hydroxylation sites is 1. The molecule has 1 heterocycles. The van der Waals surface area contributed by atoms with Crippen molar-refractivity contribution >= 4 is 16.8 Å². The second kappa shape index (κ2) is 8.69. The van der Waals surface area contributed by atoms with E-state index in [0.717, 1.165) is 33.3 Å². The van der Waals surface area contributed by atoms with E-state index in [1.807, 2.05) is 71.5 Å². The molecule has 0 bridgehead atoms. The highest BCUT2D eigenvalue weighted by Gasteiger charge is 2.11. The van der Waals surface area contributed by atoms with Crippen LogP contribution in [0.3, 0.4) is 0 Å². The second-order valence-corrected chi connectivity index (χ2v) is 7.19. The molecule has 4 rings (SSSR count). The lowest BCUT2D eigenvalue weighted by Gasteiger charge is -2.17. The fourth-order valence-electron chi connectivity index (χ4n) is 3.33. The van der Waals surface area contributed by atoms with E-state index in [4.69, 9.17) is 4.74 Å². The van der Waals surface area contributed by atoms with Crippen molar-refractivity contribution < 1.29 is 9.53 Å². The van der Waals surface area contributed by atoms with Crippen molar-refractivity contribution in [2.45, 2.75) is 13.1 Å². The molecule has 0 aliphatic carbocycles. The lowest BCUT2D eigenvalue weighted by molar-refractivity contribution is 0.206. The van der Waals surface area contributed by atoms with Crippen LogP contribution in [0.2, 0.25) is 0 Å². The van der Waals surface area contributed by atoms with Crippen LogP contribution in [0.25, 0.3) is 16.5 Å². The fourth-order valence-corrected chi connectivity index (χ4v) is 3.33. The van der Waals surface area contributed by atoms with Crippen molar-refractivity contribution in [1.29, 1.82) is 0 Å². The Balaban J connectivity index is 1.35. The molecule has 6 nitrogen and oxygen atoms in total. The van der Waals surface area contributed by atoms with Crippen molar-refractivity contribution in [3.8, 4) is 11.4 Å². The van der Waals surface area contributed by atoms with Gasteiger partial charge in [0.2, 0.25) is 0 Å². The van der Waals surface area contributed by atoms with Crippen LogP contribution in [-0.2, 0) is 13.1 Å². The molecule has 0 aliphatic heterocycles. The monoisotopic (exact) mass is 400 g/mol. The summed E-state index contributed by atoms with van der Waals surface area (Å²) in [6.07, 6.45) is 3.73. The summed E-state index contributed by atoms with van der Waals surface area (Å²) in [6.45, 7) is 0.949. The van der Waals surface area contributed by atoms with Crippen LogP contribution in [0.5, 0.6) is 5.75 Å². The summed E-state index contributed by atoms with van der Waals surface area (Å²) in [5, 5.41) is 9.59. The highest BCUT2D eigenvalue weighted by atomic mass is 16.5. The van der Waals surface area contributed by atoms with E-state index in [0.29, 0.717) is 13.1 Å². The Kier molecular flexibility index (Phi) is 5.66. The summed E-state index contributed by atoms with van der Waals surface area (Å²) in [5.74, 6) is 0.834. The number of fused-ring (bicyclic) bond motifs is 1. The Bertz CT molecular complexity index is 1150. The van der Waals surface area contributed by atoms with Gasteiger partial charge in [0.25, 0.3) is 0 Å². The Morgan fingerprint density at radius 2 is 1.80 bits per heavy atom. The van der Waals surface area contributed by atoms with Gasteiger partial charge in [-0.3, -0.25) is 0 Å². The zero-order chi connectivity index (χ0) is 20.9. The largest absolute Gasteiger partial charge is 0.497 e. The minimum atomic E-state index is -0.128. The fraction of sp³-hybridized carbons (Fsp3) is 0.167. The van der Waals surface area contributed by atoms with E-state index in [-0.39, 0.29) is 6.03 Å². The Morgan fingerprint density at radius 3 is 2.60 bits per heavy atom. The molecule has 4 aromatic rings. The van der Waals surface area contributed by atoms with Gasteiger partial charge in [0.1, 0.15) is 5.75 Å². The van der Waals surface area contributed by atoms with E-state index in [1.54, 1.807) is 25.3 Å². The maximum absolute atomic E-state index is 12.5. The first-order valence-electron chi connectivity index (χ1n) is 9.77. The molecule has 2 amide bonds. The zero-order valence-electron chi connectivity index (χ0n) is 17.1. The number of benzene rings is 3. The number of ether oxygens (including phenoxy) is 1. The number of amides is 2. The van der Waals surface area contributed by atoms with Gasteiger partial charge in [-0.05, 0) is 46.7 Å². The summed E-state index contributed by atoms with van der Waals surface area (Å²) < 4.78 is 7.08. The van der Waals surface area contributed by atoms with Gasteiger partial charge in [0.15, 0.2) is 0 Å². The lowest BCUT2D eigenvalue weighted by Crippen LogP contribution is -2.36. The highest BCUT2D eigenvalue weighted by Crippen LogP contribution is 2.21. The van der Waals surface area contributed by atoms with Gasteiger partial charge in [0, 0.05) is 25.4 Å². The third-order valence-corrected chi connectivity index (χ3v) is 4.98. The highest BCUT2D eigenvalue weighted by molar-refractivity contribution is 5.84. The Hall–Kier alpha value is -3.80. The average molecular weight is 400 g/mol. The standard InChI is InChI=1S/C24H24N4O2/c1-27(16-19-15-26-28(17-19)22-6-4-3-5-7-22)24(29)25-14-18-8-9-21-13-23(30-2)11-10-20(21)12-18/h3-13,15,17H,14,16H2,1-2H3,(H,25,29). The van der Waals surface area contributed by atoms with Crippen molar-refractivity contribution in [3.63, 3.8) is 0 Å². The van der Waals surface area contributed by atoms with E-state index in [1.165, 1.54) is 0 Å². The number of carbonyl (C=O) groups is 1. The Morgan fingerprint density at radius 1 is 1.03 bits per heavy atom. The number of nitrogens with one attached hydrogen (secondary N) is 1. The molecule has 0 atom stereocenters. The minimum Gasteiger partial charge on any atom is -0.497 e. The van der Waals surface area contributed by atoms with Gasteiger partial charge in [-0.15, -0.1) is 0 Å². The average Bonchev–Trinajstić information content (AvgIpc) is 3.26. The quantitative estimate of drug-likeness (QED) is 0.523. The minimum absolute atomic E-state index is 0.128. The first-order chi connectivity index (χ1) is 14.6. The molecule has 0 spiro atoms. The molecule has 1 aromatic heterocycles. The van der Waals surface area contributed by atoms with Crippen LogP contribution in [0.15, 0.2) is 79.1 Å². The molecule has 3 aromatic carbocycles. The predicted molar refractivity (Wildman–Crippen MR) is 118 cm³/mol. The van der Waals surface area contributed by atoms with Crippen LogP contribution in [0, 0.1) is 0 Å². The maximum Gasteiger partial charge on any atom is 0.317 e. The summed E-state index contributed by atoms with van der Waals surface area (Å²) in [5.41, 5.74) is 3.01. The second-order valence-electron chi connectivity index (χ2n) is 7.19. The van der Waals surface area contributed by atoms with E-state index in [2.05, 4.69) is 16.5 Å². The number of carbonyl (C=O) groups excluding carboxylic acids is 1. The van der Waals surface area contributed by atoms with Gasteiger partial charge in [-0.2, -0.15) is 5.10 Å². The molecule has 30 heavy (non-hydrogen) atoms. The van der Waals surface area contributed by atoms with Crippen molar-refractivity contribution in [3.05, 3.63) is 90.3 Å². The van der Waals surface area contributed by atoms with Crippen LogP contribution in [-0.4, -0.2) is 34.9 Å². The SMILES string of the molecule is COc1ccc2cc(CNC(=O)N(C)Cc3cnn(-c4ccccc4)c3)ccc2c1. The summed E-state index contributed by atoms with van der Waals surface area (Å²) >= 11 is 0. The van der Waals surface area contributed by atoms with Crippen LogP contribution in [0.4, 0.5) is 4.79 Å². The summed E-state index contributed by atoms with van der Waals surface area (Å²) in [6, 6.07) is 21.9. The third kappa shape index (κ3) is 4.43. The van der Waals surface area contributed by atoms with Gasteiger partial charge in [-0.25, -0.2) is 9.48 Å². The zero-order valence-corrected chi connectivity index (χ0v) is 17.1. The molecule has 0 unspecified atom stereocenters. The number of nitrogens with zero attached hydrogens (tertiary/aromatic N) is 3. The van der Waals surface area contributed by atoms with Crippen LogP contribution >= 0.6 is 0 Å². The van der Waals surface area contributed by atoms with Gasteiger partial charge in [0.05, 0.1) is 25.5 Å². The van der Waals surface area contributed by atoms with Crippen LogP contribution in [0.1, 0.15) is 11.1 Å². The number of hydrogen-bond acceptors (Lipinski definition) is 3. The first kappa shape index (κ1) is 19.5. The van der Waals surface area contributed by atoms with Crippen molar-refractivity contribution in [2.24, 2.45) is 0 Å². The molecule has 0 radical (unpaired) electrons. The predicted octanol–water partition coefficient (Wildman–Crippen LogP) is 4.38. The Labute approximate surface area is 175 Å². The molecule has 0 aliphatic rings. The van der Waals surface area contributed by atoms with Gasteiger partial charge < -0.3 is 15.0 Å². The summed E-state index contributed by atoms with van der Waals surface area (Å²) in [7, 11) is 3.44. The first-order valence-corrected chi connectivity index (χ1v) is 9.77. The molecular formula is C24H24N4O2. The molecule has 6 heteroatoms. The normalized spacial score (nSPS) is 10.7. The van der Waals surface area contributed by atoms with Gasteiger partial charge >= 0.3 is 6.03 Å².